The Labute approximate surface area is 193 Å². The van der Waals surface area contributed by atoms with Crippen LogP contribution in [-0.2, 0) is 21.4 Å². The lowest BCUT2D eigenvalue weighted by Crippen LogP contribution is -2.65. The summed E-state index contributed by atoms with van der Waals surface area (Å²) in [5, 5.41) is 13.6. The van der Waals surface area contributed by atoms with Crippen LogP contribution in [0.25, 0.3) is 0 Å². The number of phenols is 1. The summed E-state index contributed by atoms with van der Waals surface area (Å²) >= 11 is 0. The van der Waals surface area contributed by atoms with Crippen LogP contribution < -0.4 is 5.32 Å². The number of fused-ring (bicyclic) bond motifs is 4. The lowest BCUT2D eigenvalue weighted by Gasteiger charge is -2.61. The van der Waals surface area contributed by atoms with Gasteiger partial charge in [0.25, 0.3) is 0 Å². The molecular formula is C27H40N2O3. The second-order valence-corrected chi connectivity index (χ2v) is 11.5. The summed E-state index contributed by atoms with van der Waals surface area (Å²) in [7, 11) is 0. The molecule has 0 aromatic heterocycles. The van der Waals surface area contributed by atoms with Gasteiger partial charge in [-0.1, -0.05) is 46.8 Å². The number of rotatable bonds is 4. The SMILES string of the molecule is CC(C)CNC(=O)C1CCC(C(=O)N2CC[C@@]3(C)c4cccc(O)c4C[C@@H]2C3(C)C)CC1. The molecule has 5 nitrogen and oxygen atoms in total. The van der Waals surface area contributed by atoms with Crippen LogP contribution in [0.3, 0.4) is 0 Å². The van der Waals surface area contributed by atoms with Gasteiger partial charge in [-0.15, -0.1) is 0 Å². The molecule has 5 heteroatoms. The van der Waals surface area contributed by atoms with E-state index < -0.39 is 0 Å². The average molecular weight is 441 g/mol. The summed E-state index contributed by atoms with van der Waals surface area (Å²) in [4.78, 5) is 28.3. The Morgan fingerprint density at radius 1 is 1.12 bits per heavy atom. The normalized spacial score (nSPS) is 31.2. The number of hydrogen-bond donors (Lipinski definition) is 2. The first-order chi connectivity index (χ1) is 15.1. The molecule has 4 rings (SSSR count). The van der Waals surface area contributed by atoms with E-state index in [1.165, 1.54) is 5.56 Å². The zero-order valence-corrected chi connectivity index (χ0v) is 20.4. The van der Waals surface area contributed by atoms with Gasteiger partial charge in [0.2, 0.25) is 11.8 Å². The van der Waals surface area contributed by atoms with Gasteiger partial charge < -0.3 is 15.3 Å². The van der Waals surface area contributed by atoms with Crippen molar-refractivity contribution >= 4 is 11.8 Å². The van der Waals surface area contributed by atoms with Crippen molar-refractivity contribution in [3.05, 3.63) is 29.3 Å². The van der Waals surface area contributed by atoms with Crippen molar-refractivity contribution < 1.29 is 14.7 Å². The van der Waals surface area contributed by atoms with Crippen molar-refractivity contribution in [1.82, 2.24) is 10.2 Å². The first kappa shape index (κ1) is 23.1. The Hall–Kier alpha value is -2.04. The molecule has 1 aromatic rings. The molecule has 2 amide bonds. The van der Waals surface area contributed by atoms with E-state index in [0.717, 1.165) is 50.8 Å². The number of amides is 2. The van der Waals surface area contributed by atoms with Crippen LogP contribution in [0, 0.1) is 23.2 Å². The van der Waals surface area contributed by atoms with E-state index in [0.29, 0.717) is 18.1 Å². The van der Waals surface area contributed by atoms with Gasteiger partial charge in [-0.05, 0) is 67.1 Å². The highest BCUT2D eigenvalue weighted by Crippen LogP contribution is 2.57. The number of carbonyl (C=O) groups is 2. The standard InChI is InChI=1S/C27H40N2O3/c1-17(2)16-28-24(31)18-9-11-19(12-10-18)25(32)29-14-13-27(5)21-7-6-8-22(30)20(21)15-23(29)26(27,3)4/h6-8,17-19,23,30H,9-16H2,1-5H3,(H,28,31)/t18?,19?,23-,27+/m1/s1. The average Bonchev–Trinajstić information content (AvgIpc) is 2.75. The number of likely N-dealkylation sites (tertiary alicyclic amines) is 1. The minimum Gasteiger partial charge on any atom is -0.508 e. The number of nitrogens with zero attached hydrogens (tertiary/aromatic N) is 1. The topological polar surface area (TPSA) is 69.6 Å². The Balaban J connectivity index is 1.47. The van der Waals surface area contributed by atoms with Crippen molar-refractivity contribution in [2.24, 2.45) is 23.2 Å². The highest BCUT2D eigenvalue weighted by atomic mass is 16.3. The molecule has 1 aromatic carbocycles. The largest absolute Gasteiger partial charge is 0.508 e. The quantitative estimate of drug-likeness (QED) is 0.729. The molecular weight excluding hydrogens is 400 g/mol. The minimum absolute atomic E-state index is 0.00933. The lowest BCUT2D eigenvalue weighted by molar-refractivity contribution is -0.150. The maximum Gasteiger partial charge on any atom is 0.225 e. The number of piperidine rings is 1. The van der Waals surface area contributed by atoms with Crippen molar-refractivity contribution in [2.45, 2.75) is 84.6 Å². The van der Waals surface area contributed by atoms with Gasteiger partial charge in [0.05, 0.1) is 0 Å². The highest BCUT2D eigenvalue weighted by Gasteiger charge is 2.57. The predicted octanol–water partition coefficient (Wildman–Crippen LogP) is 4.41. The summed E-state index contributed by atoms with van der Waals surface area (Å²) in [6.07, 6.45) is 4.80. The van der Waals surface area contributed by atoms with E-state index in [2.05, 4.69) is 50.9 Å². The minimum atomic E-state index is -0.0738. The van der Waals surface area contributed by atoms with Gasteiger partial charge in [0.1, 0.15) is 5.75 Å². The summed E-state index contributed by atoms with van der Waals surface area (Å²) in [5.41, 5.74) is 2.13. The summed E-state index contributed by atoms with van der Waals surface area (Å²) < 4.78 is 0. The fourth-order valence-corrected chi connectivity index (χ4v) is 6.48. The van der Waals surface area contributed by atoms with Gasteiger partial charge in [0, 0.05) is 36.4 Å². The number of benzene rings is 1. The Kier molecular flexibility index (Phi) is 6.06. The zero-order valence-electron chi connectivity index (χ0n) is 20.4. The number of aromatic hydroxyl groups is 1. The third kappa shape index (κ3) is 3.72. The van der Waals surface area contributed by atoms with E-state index in [1.807, 2.05) is 6.07 Å². The molecule has 2 N–H and O–H groups in total. The predicted molar refractivity (Wildman–Crippen MR) is 126 cm³/mol. The van der Waals surface area contributed by atoms with Crippen LogP contribution in [0.5, 0.6) is 5.75 Å². The third-order valence-corrected chi connectivity index (χ3v) is 9.04. The van der Waals surface area contributed by atoms with Gasteiger partial charge in [-0.3, -0.25) is 9.59 Å². The van der Waals surface area contributed by atoms with Crippen LogP contribution in [0.15, 0.2) is 18.2 Å². The van der Waals surface area contributed by atoms with Crippen LogP contribution in [-0.4, -0.2) is 41.0 Å². The lowest BCUT2D eigenvalue weighted by atomic mass is 9.51. The number of carbonyl (C=O) groups excluding carboxylic acids is 2. The van der Waals surface area contributed by atoms with E-state index in [-0.39, 0.29) is 40.5 Å². The molecule has 176 valence electrons. The molecule has 0 spiro atoms. The van der Waals surface area contributed by atoms with Crippen molar-refractivity contribution in [3.8, 4) is 5.75 Å². The van der Waals surface area contributed by atoms with E-state index in [9.17, 15) is 14.7 Å². The molecule has 2 aliphatic carbocycles. The highest BCUT2D eigenvalue weighted by molar-refractivity contribution is 5.82. The molecule has 2 atom stereocenters. The molecule has 0 radical (unpaired) electrons. The molecule has 0 unspecified atom stereocenters. The molecule has 3 aliphatic rings. The fraction of sp³-hybridized carbons (Fsp3) is 0.704. The number of phenolic OH excluding ortho intramolecular Hbond substituents is 1. The molecule has 1 aliphatic heterocycles. The first-order valence-electron chi connectivity index (χ1n) is 12.5. The van der Waals surface area contributed by atoms with E-state index >= 15 is 0 Å². The van der Waals surface area contributed by atoms with Crippen LogP contribution in [0.2, 0.25) is 0 Å². The second kappa shape index (κ2) is 8.39. The number of hydrogen-bond acceptors (Lipinski definition) is 3. The molecule has 2 fully saturated rings. The van der Waals surface area contributed by atoms with Crippen LogP contribution in [0.4, 0.5) is 0 Å². The summed E-state index contributed by atoms with van der Waals surface area (Å²) in [6.45, 7) is 12.6. The Morgan fingerprint density at radius 2 is 1.78 bits per heavy atom. The third-order valence-electron chi connectivity index (χ3n) is 9.04. The monoisotopic (exact) mass is 440 g/mol. The van der Waals surface area contributed by atoms with Crippen LogP contribution in [0.1, 0.15) is 77.8 Å². The smallest absolute Gasteiger partial charge is 0.225 e. The van der Waals surface area contributed by atoms with Gasteiger partial charge >= 0.3 is 0 Å². The maximum absolute atomic E-state index is 13.7. The fourth-order valence-electron chi connectivity index (χ4n) is 6.48. The first-order valence-corrected chi connectivity index (χ1v) is 12.5. The molecule has 1 saturated carbocycles. The van der Waals surface area contributed by atoms with Gasteiger partial charge in [0.15, 0.2) is 0 Å². The zero-order chi connectivity index (χ0) is 23.3. The van der Waals surface area contributed by atoms with Gasteiger partial charge in [-0.25, -0.2) is 0 Å². The summed E-state index contributed by atoms with van der Waals surface area (Å²) in [5.74, 6) is 1.26. The van der Waals surface area contributed by atoms with Crippen molar-refractivity contribution in [2.75, 3.05) is 13.1 Å². The van der Waals surface area contributed by atoms with E-state index in [1.54, 1.807) is 6.07 Å². The summed E-state index contributed by atoms with van der Waals surface area (Å²) in [6, 6.07) is 5.97. The van der Waals surface area contributed by atoms with Gasteiger partial charge in [-0.2, -0.15) is 0 Å². The molecule has 1 heterocycles. The van der Waals surface area contributed by atoms with Crippen LogP contribution >= 0.6 is 0 Å². The Bertz CT molecular complexity index is 885. The number of nitrogens with one attached hydrogen (secondary N) is 1. The van der Waals surface area contributed by atoms with Crippen molar-refractivity contribution in [3.63, 3.8) is 0 Å². The van der Waals surface area contributed by atoms with Crippen molar-refractivity contribution in [1.29, 1.82) is 0 Å². The maximum atomic E-state index is 13.7. The Morgan fingerprint density at radius 3 is 2.44 bits per heavy atom. The molecule has 32 heavy (non-hydrogen) atoms. The molecule has 1 saturated heterocycles. The van der Waals surface area contributed by atoms with E-state index in [4.69, 9.17) is 0 Å². The second-order valence-electron chi connectivity index (χ2n) is 11.5. The molecule has 2 bridgehead atoms.